The summed E-state index contributed by atoms with van der Waals surface area (Å²) in [5.41, 5.74) is 3.97. The van der Waals surface area contributed by atoms with E-state index >= 15 is 0 Å². The maximum absolute atomic E-state index is 12.6. The predicted molar refractivity (Wildman–Crippen MR) is 129 cm³/mol. The summed E-state index contributed by atoms with van der Waals surface area (Å²) in [6.07, 6.45) is 1.22. The Morgan fingerprint density at radius 1 is 1.09 bits per heavy atom. The molecule has 0 atom stereocenters. The van der Waals surface area contributed by atoms with Crippen LogP contribution in [0.25, 0.3) is 11.3 Å². The molecule has 0 saturated heterocycles. The van der Waals surface area contributed by atoms with Crippen LogP contribution in [-0.2, 0) is 4.84 Å². The zero-order valence-electron chi connectivity index (χ0n) is 16.4. The molecule has 0 aliphatic heterocycles. The van der Waals surface area contributed by atoms with Crippen LogP contribution in [0.1, 0.15) is 23.0 Å². The molecule has 0 bridgehead atoms. The average molecular weight is 535 g/mol. The number of nitrogens with one attached hydrogen (secondary N) is 1. The van der Waals surface area contributed by atoms with Crippen LogP contribution in [0.4, 0.5) is 5.69 Å². The van der Waals surface area contributed by atoms with Gasteiger partial charge in [0, 0.05) is 10.6 Å². The summed E-state index contributed by atoms with van der Waals surface area (Å²) in [4.78, 5) is 17.6. The van der Waals surface area contributed by atoms with E-state index in [1.54, 1.807) is 32.0 Å². The monoisotopic (exact) mass is 532 g/mol. The van der Waals surface area contributed by atoms with Crippen molar-refractivity contribution in [3.05, 3.63) is 66.8 Å². The molecule has 1 N–H and O–H groups in total. The minimum Gasteiger partial charge on any atom is -0.360 e. The van der Waals surface area contributed by atoms with E-state index in [1.165, 1.54) is 18.3 Å². The number of oxime groups is 1. The molecule has 1 aromatic heterocycles. The van der Waals surface area contributed by atoms with Gasteiger partial charge >= 0.3 is 5.97 Å². The van der Waals surface area contributed by atoms with E-state index in [4.69, 9.17) is 67.4 Å². The van der Waals surface area contributed by atoms with Crippen LogP contribution in [0.15, 0.2) is 45.1 Å². The number of anilines is 1. The molecule has 0 aliphatic rings. The number of hydrogen-bond acceptors (Lipinski definition) is 7. The van der Waals surface area contributed by atoms with Gasteiger partial charge in [0.25, 0.3) is 0 Å². The third kappa shape index (κ3) is 5.54. The number of aryl methyl sites for hydroxylation is 1. The van der Waals surface area contributed by atoms with Crippen LogP contribution >= 0.6 is 58.0 Å². The van der Waals surface area contributed by atoms with Gasteiger partial charge in [0.15, 0.2) is 0 Å². The van der Waals surface area contributed by atoms with Gasteiger partial charge in [-0.2, -0.15) is 5.10 Å². The molecule has 0 spiro atoms. The molecule has 3 rings (SSSR count). The van der Waals surface area contributed by atoms with Gasteiger partial charge in [-0.3, -0.25) is 5.43 Å². The highest BCUT2D eigenvalue weighted by molar-refractivity contribution is 6.42. The van der Waals surface area contributed by atoms with Gasteiger partial charge in [0.1, 0.15) is 17.0 Å². The average Bonchev–Trinajstić information content (AvgIpc) is 3.08. The molecule has 1 heterocycles. The van der Waals surface area contributed by atoms with Crippen molar-refractivity contribution < 1.29 is 14.2 Å². The Hall–Kier alpha value is -2.29. The highest BCUT2D eigenvalue weighted by atomic mass is 35.5. The zero-order chi connectivity index (χ0) is 23.4. The first-order chi connectivity index (χ1) is 15.2. The molecular weight excluding hydrogens is 522 g/mol. The number of carbonyl (C=O) groups is 1. The number of hydrazone groups is 1. The summed E-state index contributed by atoms with van der Waals surface area (Å²) in [7, 11) is 0. The Morgan fingerprint density at radius 3 is 2.34 bits per heavy atom. The minimum absolute atomic E-state index is 0.0459. The van der Waals surface area contributed by atoms with Crippen LogP contribution in [-0.4, -0.2) is 23.1 Å². The molecule has 0 radical (unpaired) electrons. The van der Waals surface area contributed by atoms with E-state index in [9.17, 15) is 4.79 Å². The molecule has 166 valence electrons. The quantitative estimate of drug-likeness (QED) is 0.200. The third-order valence-corrected chi connectivity index (χ3v) is 5.44. The fourth-order valence-corrected chi connectivity index (χ4v) is 4.00. The summed E-state index contributed by atoms with van der Waals surface area (Å²) in [5.74, 6) is -0.592. The highest BCUT2D eigenvalue weighted by Gasteiger charge is 2.26. The van der Waals surface area contributed by atoms with Crippen LogP contribution in [0.3, 0.4) is 0 Å². The van der Waals surface area contributed by atoms with Crippen molar-refractivity contribution in [1.82, 2.24) is 5.16 Å². The standard InChI is InChI=1S/C20H13Cl5N4O3/c1-9(27-28-18-14(24)6-11(21)7-15(18)25)8-26-32-20(30)16-10(2)31-29-19(16)17-12(22)4-3-5-13(17)23/h3-8,28H,1-2H3/b26-8+,27-9+. The van der Waals surface area contributed by atoms with Crippen molar-refractivity contribution in [3.8, 4) is 11.3 Å². The van der Waals surface area contributed by atoms with Crippen LogP contribution in [0, 0.1) is 6.92 Å². The topological polar surface area (TPSA) is 89.1 Å². The molecule has 0 amide bonds. The number of aromatic nitrogens is 1. The summed E-state index contributed by atoms with van der Waals surface area (Å²) in [5, 5.41) is 13.2. The van der Waals surface area contributed by atoms with Gasteiger partial charge in [-0.05, 0) is 38.1 Å². The Morgan fingerprint density at radius 2 is 1.72 bits per heavy atom. The first-order valence-corrected chi connectivity index (χ1v) is 10.7. The number of carbonyl (C=O) groups excluding carboxylic acids is 1. The Bertz CT molecular complexity index is 1200. The number of hydrogen-bond donors (Lipinski definition) is 1. The number of nitrogens with zero attached hydrogens (tertiary/aromatic N) is 3. The van der Waals surface area contributed by atoms with Crippen molar-refractivity contribution in [2.45, 2.75) is 13.8 Å². The molecule has 7 nitrogen and oxygen atoms in total. The maximum Gasteiger partial charge on any atom is 0.371 e. The van der Waals surface area contributed by atoms with Crippen molar-refractivity contribution in [2.24, 2.45) is 10.3 Å². The highest BCUT2D eigenvalue weighted by Crippen LogP contribution is 2.37. The van der Waals surface area contributed by atoms with E-state index in [0.717, 1.165) is 0 Å². The van der Waals surface area contributed by atoms with Gasteiger partial charge in [-0.25, -0.2) is 4.79 Å². The van der Waals surface area contributed by atoms with Gasteiger partial charge in [0.2, 0.25) is 0 Å². The molecule has 0 aliphatic carbocycles. The number of benzene rings is 2. The van der Waals surface area contributed by atoms with E-state index in [0.29, 0.717) is 32.0 Å². The first-order valence-electron chi connectivity index (χ1n) is 8.79. The zero-order valence-corrected chi connectivity index (χ0v) is 20.2. The fourth-order valence-electron chi connectivity index (χ4n) is 2.53. The van der Waals surface area contributed by atoms with Gasteiger partial charge in [-0.15, -0.1) is 0 Å². The lowest BCUT2D eigenvalue weighted by molar-refractivity contribution is 0.0518. The van der Waals surface area contributed by atoms with Crippen molar-refractivity contribution in [2.75, 3.05) is 5.43 Å². The second kappa shape index (κ2) is 10.6. The lowest BCUT2D eigenvalue weighted by atomic mass is 10.1. The summed E-state index contributed by atoms with van der Waals surface area (Å²) >= 11 is 30.5. The number of rotatable bonds is 6. The predicted octanol–water partition coefficient (Wildman–Crippen LogP) is 7.55. The molecule has 3 aromatic rings. The molecule has 0 saturated carbocycles. The van der Waals surface area contributed by atoms with Crippen molar-refractivity contribution >= 4 is 81.6 Å². The van der Waals surface area contributed by atoms with Crippen LogP contribution < -0.4 is 5.43 Å². The molecule has 2 aromatic carbocycles. The maximum atomic E-state index is 12.6. The second-order valence-electron chi connectivity index (χ2n) is 6.28. The molecule has 32 heavy (non-hydrogen) atoms. The largest absolute Gasteiger partial charge is 0.371 e. The van der Waals surface area contributed by atoms with Crippen molar-refractivity contribution in [1.29, 1.82) is 0 Å². The summed E-state index contributed by atoms with van der Waals surface area (Å²) in [6.45, 7) is 3.17. The molecular formula is C20H13Cl5N4O3. The second-order valence-corrected chi connectivity index (χ2v) is 8.35. The lowest BCUT2D eigenvalue weighted by Gasteiger charge is -2.07. The Balaban J connectivity index is 1.74. The third-order valence-electron chi connectivity index (χ3n) is 3.99. The van der Waals surface area contributed by atoms with Gasteiger partial charge < -0.3 is 9.36 Å². The first kappa shape index (κ1) is 24.4. The van der Waals surface area contributed by atoms with E-state index in [2.05, 4.69) is 20.8 Å². The SMILES string of the molecule is CC(/C=N/OC(=O)c1c(-c2c(Cl)cccc2Cl)noc1C)=N\Nc1c(Cl)cc(Cl)cc1Cl. The van der Waals surface area contributed by atoms with E-state index in [-0.39, 0.29) is 27.1 Å². The van der Waals surface area contributed by atoms with E-state index < -0.39 is 5.97 Å². The fraction of sp³-hybridized carbons (Fsp3) is 0.100. The lowest BCUT2D eigenvalue weighted by Crippen LogP contribution is -2.06. The normalized spacial score (nSPS) is 11.8. The molecule has 12 heteroatoms. The minimum atomic E-state index is -0.810. The Labute approximate surface area is 207 Å². The molecule has 0 unspecified atom stereocenters. The van der Waals surface area contributed by atoms with E-state index in [1.807, 2.05) is 0 Å². The summed E-state index contributed by atoms with van der Waals surface area (Å²) in [6, 6.07) is 7.94. The molecule has 0 fully saturated rings. The van der Waals surface area contributed by atoms with Crippen LogP contribution in [0.2, 0.25) is 25.1 Å². The number of halogens is 5. The van der Waals surface area contributed by atoms with Crippen molar-refractivity contribution in [3.63, 3.8) is 0 Å². The summed E-state index contributed by atoms with van der Waals surface area (Å²) < 4.78 is 5.14. The Kier molecular flexibility index (Phi) is 8.03. The van der Waals surface area contributed by atoms with Crippen LogP contribution in [0.5, 0.6) is 0 Å². The smallest absolute Gasteiger partial charge is 0.360 e. The van der Waals surface area contributed by atoms with Gasteiger partial charge in [0.05, 0.1) is 37.7 Å². The van der Waals surface area contributed by atoms with Gasteiger partial charge in [-0.1, -0.05) is 74.4 Å².